The first-order valence-electron chi connectivity index (χ1n) is 5.61. The Hall–Kier alpha value is -1.62. The van der Waals surface area contributed by atoms with Gasteiger partial charge in [0.2, 0.25) is 5.91 Å². The summed E-state index contributed by atoms with van der Waals surface area (Å²) in [7, 11) is 0. The molecule has 2 heterocycles. The highest BCUT2D eigenvalue weighted by Crippen LogP contribution is 2.27. The van der Waals surface area contributed by atoms with Gasteiger partial charge in [-0.1, -0.05) is 17.4 Å². The fourth-order valence-corrected chi connectivity index (χ4v) is 3.02. The number of amides is 1. The number of aromatic nitrogens is 1. The van der Waals surface area contributed by atoms with Crippen LogP contribution < -0.4 is 10.6 Å². The Morgan fingerprint density at radius 1 is 1.53 bits per heavy atom. The number of benzene rings is 1. The molecule has 1 aliphatic rings. The normalized spacial score (nSPS) is 19.6. The Morgan fingerprint density at radius 2 is 2.41 bits per heavy atom. The Kier molecular flexibility index (Phi) is 2.48. The summed E-state index contributed by atoms with van der Waals surface area (Å²) in [6.07, 6.45) is 0.537. The van der Waals surface area contributed by atoms with Crippen LogP contribution in [0.4, 0.5) is 5.13 Å². The van der Waals surface area contributed by atoms with E-state index in [1.165, 1.54) is 10.3 Å². The first-order chi connectivity index (χ1) is 8.20. The van der Waals surface area contributed by atoms with Gasteiger partial charge in [0.05, 0.1) is 16.3 Å². The molecule has 1 aromatic carbocycles. The molecule has 88 valence electrons. The van der Waals surface area contributed by atoms with Gasteiger partial charge in [0.25, 0.3) is 0 Å². The summed E-state index contributed by atoms with van der Waals surface area (Å²) in [4.78, 5) is 15.6. The van der Waals surface area contributed by atoms with Gasteiger partial charge >= 0.3 is 0 Å². The van der Waals surface area contributed by atoms with E-state index in [9.17, 15) is 4.79 Å². The number of thiazole rings is 1. The summed E-state index contributed by atoms with van der Waals surface area (Å²) in [5.41, 5.74) is 2.26. The van der Waals surface area contributed by atoms with Crippen molar-refractivity contribution in [3.8, 4) is 0 Å². The average molecular weight is 247 g/mol. The number of nitrogens with zero attached hydrogens (tertiary/aromatic N) is 1. The van der Waals surface area contributed by atoms with Crippen LogP contribution in [0.1, 0.15) is 12.0 Å². The molecule has 0 saturated carbocycles. The third-order valence-electron chi connectivity index (χ3n) is 2.85. The fourth-order valence-electron chi connectivity index (χ4n) is 1.98. The van der Waals surface area contributed by atoms with Gasteiger partial charge in [-0.05, 0) is 24.6 Å². The molecule has 1 atom stereocenters. The molecular formula is C12H13N3OS. The zero-order valence-corrected chi connectivity index (χ0v) is 10.3. The highest BCUT2D eigenvalue weighted by atomic mass is 32.1. The molecule has 0 aliphatic carbocycles. The number of anilines is 1. The lowest BCUT2D eigenvalue weighted by atomic mass is 10.2. The quantitative estimate of drug-likeness (QED) is 0.852. The summed E-state index contributed by atoms with van der Waals surface area (Å²) in [5.74, 6) is 0.111. The van der Waals surface area contributed by atoms with Crippen LogP contribution in [0.5, 0.6) is 0 Å². The number of nitrogens with one attached hydrogen (secondary N) is 2. The largest absolute Gasteiger partial charge is 0.356 e. The minimum Gasteiger partial charge on any atom is -0.356 e. The van der Waals surface area contributed by atoms with E-state index in [-0.39, 0.29) is 11.9 Å². The Labute approximate surface area is 103 Å². The molecule has 0 radical (unpaired) electrons. The number of rotatable bonds is 2. The van der Waals surface area contributed by atoms with Crippen LogP contribution in [-0.2, 0) is 4.79 Å². The summed E-state index contributed by atoms with van der Waals surface area (Å²) < 4.78 is 1.18. The minimum absolute atomic E-state index is 0.111. The van der Waals surface area contributed by atoms with Crippen LogP contribution in [0.2, 0.25) is 0 Å². The molecular weight excluding hydrogens is 234 g/mol. The van der Waals surface area contributed by atoms with Crippen molar-refractivity contribution in [2.75, 3.05) is 11.9 Å². The van der Waals surface area contributed by atoms with Gasteiger partial charge < -0.3 is 10.6 Å². The van der Waals surface area contributed by atoms with Gasteiger partial charge in [-0.25, -0.2) is 4.98 Å². The van der Waals surface area contributed by atoms with Gasteiger partial charge in [-0.15, -0.1) is 0 Å². The van der Waals surface area contributed by atoms with E-state index >= 15 is 0 Å². The standard InChI is InChI=1S/C12H13N3OS/c1-7-2-3-9-10(4-7)17-12(15-9)14-8-5-11(16)13-6-8/h2-4,8H,5-6H2,1H3,(H,13,16)(H,14,15). The van der Waals surface area contributed by atoms with Crippen molar-refractivity contribution in [1.82, 2.24) is 10.3 Å². The van der Waals surface area contributed by atoms with E-state index in [4.69, 9.17) is 0 Å². The summed E-state index contributed by atoms with van der Waals surface area (Å²) in [5, 5.41) is 7.01. The molecule has 1 aromatic heterocycles. The van der Waals surface area contributed by atoms with Gasteiger partial charge in [-0.3, -0.25) is 4.79 Å². The molecule has 5 heteroatoms. The predicted octanol–water partition coefficient (Wildman–Crippen LogP) is 1.91. The van der Waals surface area contributed by atoms with Gasteiger partial charge in [0, 0.05) is 13.0 Å². The zero-order chi connectivity index (χ0) is 11.8. The second-order valence-corrected chi connectivity index (χ2v) is 5.37. The first-order valence-corrected chi connectivity index (χ1v) is 6.43. The maximum Gasteiger partial charge on any atom is 0.222 e. The van der Waals surface area contributed by atoms with E-state index in [1.807, 2.05) is 6.07 Å². The predicted molar refractivity (Wildman–Crippen MR) is 69.4 cm³/mol. The van der Waals surface area contributed by atoms with Gasteiger partial charge in [0.15, 0.2) is 5.13 Å². The van der Waals surface area contributed by atoms with Gasteiger partial charge in [-0.2, -0.15) is 0 Å². The lowest BCUT2D eigenvalue weighted by Crippen LogP contribution is -2.22. The summed E-state index contributed by atoms with van der Waals surface area (Å²) in [6, 6.07) is 6.40. The number of carbonyl (C=O) groups excluding carboxylic acids is 1. The summed E-state index contributed by atoms with van der Waals surface area (Å²) >= 11 is 1.64. The monoisotopic (exact) mass is 247 g/mol. The van der Waals surface area contributed by atoms with Crippen LogP contribution in [-0.4, -0.2) is 23.5 Å². The molecule has 0 bridgehead atoms. The molecule has 17 heavy (non-hydrogen) atoms. The van der Waals surface area contributed by atoms with Crippen LogP contribution in [0.25, 0.3) is 10.2 Å². The molecule has 2 aromatic rings. The van der Waals surface area contributed by atoms with E-state index in [0.29, 0.717) is 13.0 Å². The number of carbonyl (C=O) groups is 1. The average Bonchev–Trinajstić information content (AvgIpc) is 2.84. The SMILES string of the molecule is Cc1ccc2nc(NC3CNC(=O)C3)sc2c1. The smallest absolute Gasteiger partial charge is 0.222 e. The minimum atomic E-state index is 0.111. The maximum atomic E-state index is 11.1. The second kappa shape index (κ2) is 4.00. The molecule has 0 spiro atoms. The molecule has 1 saturated heterocycles. The summed E-state index contributed by atoms with van der Waals surface area (Å²) in [6.45, 7) is 2.76. The highest BCUT2D eigenvalue weighted by Gasteiger charge is 2.21. The van der Waals surface area contributed by atoms with Crippen molar-refractivity contribution in [3.63, 3.8) is 0 Å². The van der Waals surface area contributed by atoms with Crippen LogP contribution >= 0.6 is 11.3 Å². The van der Waals surface area contributed by atoms with Crippen molar-refractivity contribution in [3.05, 3.63) is 23.8 Å². The molecule has 1 amide bonds. The number of hydrogen-bond acceptors (Lipinski definition) is 4. The Balaban J connectivity index is 1.83. The topological polar surface area (TPSA) is 54.0 Å². The molecule has 1 unspecified atom stereocenters. The van der Waals surface area contributed by atoms with E-state index < -0.39 is 0 Å². The first kappa shape index (κ1) is 10.5. The zero-order valence-electron chi connectivity index (χ0n) is 9.49. The van der Waals surface area contributed by atoms with E-state index in [2.05, 4.69) is 34.7 Å². The van der Waals surface area contributed by atoms with Crippen LogP contribution in [0.3, 0.4) is 0 Å². The molecule has 2 N–H and O–H groups in total. The third kappa shape index (κ3) is 2.10. The van der Waals surface area contributed by atoms with Gasteiger partial charge in [0.1, 0.15) is 0 Å². The Bertz CT molecular complexity index is 578. The number of hydrogen-bond donors (Lipinski definition) is 2. The van der Waals surface area contributed by atoms with Crippen molar-refractivity contribution in [1.29, 1.82) is 0 Å². The van der Waals surface area contributed by atoms with Crippen LogP contribution in [0.15, 0.2) is 18.2 Å². The third-order valence-corrected chi connectivity index (χ3v) is 3.80. The van der Waals surface area contributed by atoms with Crippen molar-refractivity contribution in [2.45, 2.75) is 19.4 Å². The number of fused-ring (bicyclic) bond motifs is 1. The second-order valence-electron chi connectivity index (χ2n) is 4.34. The maximum absolute atomic E-state index is 11.1. The van der Waals surface area contributed by atoms with Crippen molar-refractivity contribution in [2.24, 2.45) is 0 Å². The van der Waals surface area contributed by atoms with Crippen LogP contribution in [0, 0.1) is 6.92 Å². The molecule has 1 aliphatic heterocycles. The van der Waals surface area contributed by atoms with E-state index in [0.717, 1.165) is 10.6 Å². The highest BCUT2D eigenvalue weighted by molar-refractivity contribution is 7.22. The molecule has 1 fully saturated rings. The molecule has 3 rings (SSSR count). The lowest BCUT2D eigenvalue weighted by molar-refractivity contribution is -0.119. The fraction of sp³-hybridized carbons (Fsp3) is 0.333. The van der Waals surface area contributed by atoms with Crippen molar-refractivity contribution >= 4 is 32.6 Å². The number of aryl methyl sites for hydroxylation is 1. The van der Waals surface area contributed by atoms with E-state index in [1.54, 1.807) is 11.3 Å². The lowest BCUT2D eigenvalue weighted by Gasteiger charge is -2.07. The Morgan fingerprint density at radius 3 is 3.18 bits per heavy atom. The molecule has 4 nitrogen and oxygen atoms in total. The van der Waals surface area contributed by atoms with Crippen molar-refractivity contribution < 1.29 is 4.79 Å².